The van der Waals surface area contributed by atoms with Crippen LogP contribution in [0.15, 0.2) is 54.6 Å². The number of hydrogen-bond acceptors (Lipinski definition) is 3. The molecule has 0 aliphatic carbocycles. The van der Waals surface area contributed by atoms with E-state index in [2.05, 4.69) is 4.74 Å². The Kier molecular flexibility index (Phi) is 3.98. The van der Waals surface area contributed by atoms with Gasteiger partial charge in [0, 0.05) is 11.1 Å². The fraction of sp³-hybridized carbons (Fsp3) is 0.0667. The van der Waals surface area contributed by atoms with Crippen molar-refractivity contribution in [3.8, 4) is 5.75 Å². The number of aliphatic carboxylic acids is 1. The number of carboxylic acid groups (broad SMARTS) is 1. The van der Waals surface area contributed by atoms with E-state index < -0.39 is 12.1 Å². The highest BCUT2D eigenvalue weighted by atomic mass is 19.3. The minimum Gasteiger partial charge on any atom is -0.474 e. The Morgan fingerprint density at radius 2 is 1.43 bits per heavy atom. The third kappa shape index (κ3) is 3.42. The first-order valence-corrected chi connectivity index (χ1v) is 5.90. The number of hydrogen-bond donors (Lipinski definition) is 1. The largest absolute Gasteiger partial charge is 0.501 e. The van der Waals surface area contributed by atoms with Crippen molar-refractivity contribution in [2.75, 3.05) is 0 Å². The zero-order valence-electron chi connectivity index (χ0n) is 10.6. The number of ether oxygens (including phenoxy) is 1. The lowest BCUT2D eigenvalue weighted by molar-refractivity contribution is -0.210. The van der Waals surface area contributed by atoms with Crippen molar-refractivity contribution in [3.63, 3.8) is 0 Å². The predicted molar refractivity (Wildman–Crippen MR) is 69.5 cm³/mol. The summed E-state index contributed by atoms with van der Waals surface area (Å²) in [5, 5.41) is 8.26. The average Bonchev–Trinajstić information content (AvgIpc) is 2.48. The second kappa shape index (κ2) is 5.70. The van der Waals surface area contributed by atoms with Crippen LogP contribution in [0.5, 0.6) is 5.75 Å². The van der Waals surface area contributed by atoms with Gasteiger partial charge in [-0.2, -0.15) is 8.78 Å². The van der Waals surface area contributed by atoms with Crippen LogP contribution in [-0.4, -0.2) is 23.0 Å². The number of carbonyl (C=O) groups excluding carboxylic acids is 1. The van der Waals surface area contributed by atoms with Gasteiger partial charge in [0.05, 0.1) is 0 Å². The fourth-order valence-electron chi connectivity index (χ4n) is 1.62. The highest BCUT2D eigenvalue weighted by molar-refractivity contribution is 6.08. The van der Waals surface area contributed by atoms with Crippen LogP contribution >= 0.6 is 0 Å². The number of alkyl halides is 2. The molecule has 0 aliphatic rings. The molecular formula is C15H10F2O4. The topological polar surface area (TPSA) is 63.6 Å². The number of carboxylic acids is 1. The van der Waals surface area contributed by atoms with Crippen molar-refractivity contribution in [1.29, 1.82) is 0 Å². The molecule has 0 fully saturated rings. The Morgan fingerprint density at radius 3 is 1.95 bits per heavy atom. The Bertz CT molecular complexity index is 651. The molecule has 21 heavy (non-hydrogen) atoms. The molecule has 2 rings (SSSR count). The van der Waals surface area contributed by atoms with Crippen LogP contribution < -0.4 is 4.74 Å². The van der Waals surface area contributed by atoms with Gasteiger partial charge in [-0.3, -0.25) is 4.79 Å². The molecule has 0 spiro atoms. The van der Waals surface area contributed by atoms with Crippen LogP contribution in [-0.2, 0) is 4.79 Å². The molecule has 0 saturated carbocycles. The molecule has 2 aromatic carbocycles. The standard InChI is InChI=1S/C15H10F2O4/c16-15(17,14(19)20)21-12-8-6-11(7-9-12)13(18)10-4-2-1-3-5-10/h1-9H,(H,19,20). The molecule has 6 heteroatoms. The summed E-state index contributed by atoms with van der Waals surface area (Å²) in [5.41, 5.74) is 0.745. The lowest BCUT2D eigenvalue weighted by atomic mass is 10.0. The molecule has 0 atom stereocenters. The van der Waals surface area contributed by atoms with Crippen molar-refractivity contribution in [1.82, 2.24) is 0 Å². The van der Waals surface area contributed by atoms with E-state index in [-0.39, 0.29) is 17.1 Å². The van der Waals surface area contributed by atoms with Crippen molar-refractivity contribution in [2.45, 2.75) is 6.11 Å². The summed E-state index contributed by atoms with van der Waals surface area (Å²) in [7, 11) is 0. The van der Waals surface area contributed by atoms with Crippen LogP contribution in [0.25, 0.3) is 0 Å². The van der Waals surface area contributed by atoms with Crippen LogP contribution in [0.4, 0.5) is 8.78 Å². The maximum absolute atomic E-state index is 12.9. The van der Waals surface area contributed by atoms with Gasteiger partial charge < -0.3 is 9.84 Å². The third-order valence-corrected chi connectivity index (χ3v) is 2.65. The van der Waals surface area contributed by atoms with Crippen molar-refractivity contribution in [2.24, 2.45) is 0 Å². The lowest BCUT2D eigenvalue weighted by Crippen LogP contribution is -2.34. The summed E-state index contributed by atoms with van der Waals surface area (Å²) in [6.07, 6.45) is -4.31. The van der Waals surface area contributed by atoms with Gasteiger partial charge in [0.25, 0.3) is 0 Å². The summed E-state index contributed by atoms with van der Waals surface area (Å²) in [6.45, 7) is 0. The highest BCUT2D eigenvalue weighted by Crippen LogP contribution is 2.22. The molecule has 1 N–H and O–H groups in total. The Labute approximate surface area is 118 Å². The first kappa shape index (κ1) is 14.6. The van der Waals surface area contributed by atoms with E-state index in [9.17, 15) is 18.4 Å². The van der Waals surface area contributed by atoms with Gasteiger partial charge in [-0.1, -0.05) is 30.3 Å². The summed E-state index contributed by atoms with van der Waals surface area (Å²) in [5.74, 6) is -2.99. The fourth-order valence-corrected chi connectivity index (χ4v) is 1.62. The first-order valence-electron chi connectivity index (χ1n) is 5.90. The monoisotopic (exact) mass is 292 g/mol. The lowest BCUT2D eigenvalue weighted by Gasteiger charge is -2.13. The van der Waals surface area contributed by atoms with Gasteiger partial charge in [0.2, 0.25) is 0 Å². The van der Waals surface area contributed by atoms with Crippen LogP contribution in [0.1, 0.15) is 15.9 Å². The third-order valence-electron chi connectivity index (χ3n) is 2.65. The maximum Gasteiger partial charge on any atom is 0.501 e. The smallest absolute Gasteiger partial charge is 0.474 e. The van der Waals surface area contributed by atoms with Gasteiger partial charge in [-0.25, -0.2) is 4.79 Å². The van der Waals surface area contributed by atoms with E-state index >= 15 is 0 Å². The number of carbonyl (C=O) groups is 2. The van der Waals surface area contributed by atoms with Gasteiger partial charge in [0.1, 0.15) is 5.75 Å². The summed E-state index contributed by atoms with van der Waals surface area (Å²) >= 11 is 0. The number of halogens is 2. The Hall–Kier alpha value is -2.76. The van der Waals surface area contributed by atoms with Gasteiger partial charge in [-0.05, 0) is 24.3 Å². The first-order chi connectivity index (χ1) is 9.90. The summed E-state index contributed by atoms with van der Waals surface area (Å²) in [4.78, 5) is 22.3. The van der Waals surface area contributed by atoms with E-state index in [0.717, 1.165) is 12.1 Å². The molecule has 0 heterocycles. The molecule has 0 aliphatic heterocycles. The van der Waals surface area contributed by atoms with E-state index in [0.29, 0.717) is 5.56 Å². The minimum atomic E-state index is -4.31. The summed E-state index contributed by atoms with van der Waals surface area (Å²) in [6, 6.07) is 13.3. The molecule has 0 amide bonds. The molecule has 108 valence electrons. The van der Waals surface area contributed by atoms with E-state index in [1.807, 2.05) is 0 Å². The number of benzene rings is 2. The number of ketones is 1. The molecule has 0 aromatic heterocycles. The Morgan fingerprint density at radius 1 is 0.905 bits per heavy atom. The molecule has 0 bridgehead atoms. The molecular weight excluding hydrogens is 282 g/mol. The minimum absolute atomic E-state index is 0.271. The zero-order valence-corrected chi connectivity index (χ0v) is 10.6. The predicted octanol–water partition coefficient (Wildman–Crippen LogP) is 2.97. The van der Waals surface area contributed by atoms with Gasteiger partial charge in [-0.15, -0.1) is 0 Å². The second-order valence-corrected chi connectivity index (χ2v) is 4.14. The van der Waals surface area contributed by atoms with Crippen molar-refractivity contribution >= 4 is 11.8 Å². The molecule has 0 radical (unpaired) electrons. The van der Waals surface area contributed by atoms with Crippen molar-refractivity contribution in [3.05, 3.63) is 65.7 Å². The molecule has 2 aromatic rings. The van der Waals surface area contributed by atoms with Crippen LogP contribution in [0.2, 0.25) is 0 Å². The zero-order chi connectivity index (χ0) is 15.5. The number of rotatable bonds is 5. The second-order valence-electron chi connectivity index (χ2n) is 4.14. The maximum atomic E-state index is 12.9. The Balaban J connectivity index is 2.16. The highest BCUT2D eigenvalue weighted by Gasteiger charge is 2.42. The van der Waals surface area contributed by atoms with E-state index in [4.69, 9.17) is 5.11 Å². The van der Waals surface area contributed by atoms with E-state index in [1.165, 1.54) is 12.1 Å². The quantitative estimate of drug-likeness (QED) is 0.860. The normalized spacial score (nSPS) is 11.0. The van der Waals surface area contributed by atoms with E-state index in [1.54, 1.807) is 30.3 Å². The van der Waals surface area contributed by atoms with Crippen molar-refractivity contribution < 1.29 is 28.2 Å². The average molecular weight is 292 g/mol. The van der Waals surface area contributed by atoms with Crippen LogP contribution in [0, 0.1) is 0 Å². The van der Waals surface area contributed by atoms with Crippen LogP contribution in [0.3, 0.4) is 0 Å². The summed E-state index contributed by atoms with van der Waals surface area (Å²) < 4.78 is 29.8. The molecule has 0 saturated heterocycles. The SMILES string of the molecule is O=C(c1ccccc1)c1ccc(OC(F)(F)C(=O)O)cc1. The molecule has 4 nitrogen and oxygen atoms in total. The molecule has 0 unspecified atom stereocenters. The van der Waals surface area contributed by atoms with Gasteiger partial charge >= 0.3 is 12.1 Å². The van der Waals surface area contributed by atoms with Gasteiger partial charge in [0.15, 0.2) is 5.78 Å².